The van der Waals surface area contributed by atoms with Crippen molar-refractivity contribution in [2.45, 2.75) is 24.3 Å². The summed E-state index contributed by atoms with van der Waals surface area (Å²) in [7, 11) is -3.53. The molecule has 1 saturated heterocycles. The number of amides is 1. The van der Waals surface area contributed by atoms with Gasteiger partial charge in [0.25, 0.3) is 0 Å². The lowest BCUT2D eigenvalue weighted by atomic mass is 10.2. The van der Waals surface area contributed by atoms with E-state index in [1.807, 2.05) is 6.92 Å². The van der Waals surface area contributed by atoms with Crippen LogP contribution in [0.3, 0.4) is 0 Å². The van der Waals surface area contributed by atoms with Crippen molar-refractivity contribution < 1.29 is 13.2 Å². The summed E-state index contributed by atoms with van der Waals surface area (Å²) < 4.78 is 26.5. The third-order valence-electron chi connectivity index (χ3n) is 3.51. The average molecular weight is 348 g/mol. The van der Waals surface area contributed by atoms with Gasteiger partial charge in [-0.15, -0.1) is 12.4 Å². The second kappa shape index (κ2) is 8.47. The standard InChI is InChI=1S/C14H21N3O3S.ClH/c1-12-11-15-9-10-17(12)14(18)7-8-16-21(19,20)13-5-3-2-4-6-13;/h2-6,12,15-16H,7-11H2,1H3;1H/t12-;/m1./s1. The van der Waals surface area contributed by atoms with Gasteiger partial charge in [0.15, 0.2) is 0 Å². The van der Waals surface area contributed by atoms with Crippen LogP contribution in [0.4, 0.5) is 0 Å². The number of nitrogens with zero attached hydrogens (tertiary/aromatic N) is 1. The number of halogens is 1. The van der Waals surface area contributed by atoms with Crippen molar-refractivity contribution in [3.63, 3.8) is 0 Å². The Bertz CT molecular complexity index is 580. The number of benzene rings is 1. The molecule has 1 fully saturated rings. The van der Waals surface area contributed by atoms with Crippen molar-refractivity contribution in [3.8, 4) is 0 Å². The molecule has 0 spiro atoms. The lowest BCUT2D eigenvalue weighted by molar-refractivity contribution is -0.133. The van der Waals surface area contributed by atoms with Gasteiger partial charge < -0.3 is 10.2 Å². The molecule has 0 radical (unpaired) electrons. The minimum atomic E-state index is -3.53. The quantitative estimate of drug-likeness (QED) is 0.817. The maximum absolute atomic E-state index is 12.1. The van der Waals surface area contributed by atoms with E-state index >= 15 is 0 Å². The first-order chi connectivity index (χ1) is 10.0. The van der Waals surface area contributed by atoms with Crippen LogP contribution in [0.2, 0.25) is 0 Å². The van der Waals surface area contributed by atoms with Crippen molar-refractivity contribution in [2.24, 2.45) is 0 Å². The van der Waals surface area contributed by atoms with Crippen LogP contribution in [0.25, 0.3) is 0 Å². The van der Waals surface area contributed by atoms with E-state index in [9.17, 15) is 13.2 Å². The van der Waals surface area contributed by atoms with E-state index in [4.69, 9.17) is 0 Å². The van der Waals surface area contributed by atoms with Gasteiger partial charge in [0.2, 0.25) is 15.9 Å². The molecule has 22 heavy (non-hydrogen) atoms. The summed E-state index contributed by atoms with van der Waals surface area (Å²) in [6, 6.07) is 8.31. The molecule has 1 aliphatic rings. The van der Waals surface area contributed by atoms with Gasteiger partial charge in [-0.3, -0.25) is 4.79 Å². The highest BCUT2D eigenvalue weighted by molar-refractivity contribution is 7.89. The Hall–Kier alpha value is -1.15. The minimum absolute atomic E-state index is 0. The Morgan fingerprint density at radius 3 is 2.68 bits per heavy atom. The summed E-state index contributed by atoms with van der Waals surface area (Å²) in [5.74, 6) is -0.0141. The second-order valence-corrected chi connectivity index (χ2v) is 6.87. The molecule has 0 aliphatic carbocycles. The molecule has 0 saturated carbocycles. The van der Waals surface area contributed by atoms with Gasteiger partial charge in [0.05, 0.1) is 4.90 Å². The molecule has 1 amide bonds. The molecule has 8 heteroatoms. The predicted molar refractivity (Wildman–Crippen MR) is 87.5 cm³/mol. The predicted octanol–water partition coefficient (Wildman–Crippen LogP) is 0.597. The highest BCUT2D eigenvalue weighted by Gasteiger charge is 2.23. The molecule has 124 valence electrons. The molecule has 0 bridgehead atoms. The Morgan fingerprint density at radius 1 is 1.36 bits per heavy atom. The molecule has 1 aromatic rings. The van der Waals surface area contributed by atoms with Gasteiger partial charge in [-0.05, 0) is 19.1 Å². The average Bonchev–Trinajstić information content (AvgIpc) is 2.48. The topological polar surface area (TPSA) is 78.5 Å². The van der Waals surface area contributed by atoms with E-state index in [1.54, 1.807) is 23.1 Å². The van der Waals surface area contributed by atoms with Crippen LogP contribution < -0.4 is 10.0 Å². The first-order valence-electron chi connectivity index (χ1n) is 7.05. The zero-order valence-electron chi connectivity index (χ0n) is 12.5. The Morgan fingerprint density at radius 2 is 2.05 bits per heavy atom. The van der Waals surface area contributed by atoms with Gasteiger partial charge in [0, 0.05) is 38.6 Å². The van der Waals surface area contributed by atoms with Crippen molar-refractivity contribution >= 4 is 28.3 Å². The fourth-order valence-electron chi connectivity index (χ4n) is 2.33. The molecule has 0 unspecified atom stereocenters. The summed E-state index contributed by atoms with van der Waals surface area (Å²) >= 11 is 0. The van der Waals surface area contributed by atoms with Crippen molar-refractivity contribution in [1.29, 1.82) is 0 Å². The summed E-state index contributed by atoms with van der Waals surface area (Å²) in [5.41, 5.74) is 0. The van der Waals surface area contributed by atoms with E-state index in [2.05, 4.69) is 10.0 Å². The summed E-state index contributed by atoms with van der Waals surface area (Å²) in [5, 5.41) is 3.22. The number of nitrogens with one attached hydrogen (secondary N) is 2. The zero-order chi connectivity index (χ0) is 15.3. The normalized spacial score (nSPS) is 18.6. The first-order valence-corrected chi connectivity index (χ1v) is 8.54. The van der Waals surface area contributed by atoms with E-state index in [-0.39, 0.29) is 42.2 Å². The third-order valence-corrected chi connectivity index (χ3v) is 4.98. The second-order valence-electron chi connectivity index (χ2n) is 5.10. The number of sulfonamides is 1. The van der Waals surface area contributed by atoms with Crippen LogP contribution in [0.15, 0.2) is 35.2 Å². The molecule has 1 aliphatic heterocycles. The van der Waals surface area contributed by atoms with Crippen LogP contribution in [-0.2, 0) is 14.8 Å². The van der Waals surface area contributed by atoms with E-state index in [0.717, 1.165) is 13.1 Å². The number of carbonyl (C=O) groups is 1. The summed E-state index contributed by atoms with van der Waals surface area (Å²) in [6.45, 7) is 4.34. The number of hydrogen-bond acceptors (Lipinski definition) is 4. The maximum Gasteiger partial charge on any atom is 0.240 e. The molecule has 2 rings (SSSR count). The van der Waals surface area contributed by atoms with Gasteiger partial charge in [-0.1, -0.05) is 18.2 Å². The number of rotatable bonds is 5. The fourth-order valence-corrected chi connectivity index (χ4v) is 3.38. The fraction of sp³-hybridized carbons (Fsp3) is 0.500. The van der Waals surface area contributed by atoms with Crippen molar-refractivity contribution in [2.75, 3.05) is 26.2 Å². The van der Waals surface area contributed by atoms with Gasteiger partial charge in [0.1, 0.15) is 0 Å². The Labute approximate surface area is 137 Å². The van der Waals surface area contributed by atoms with E-state index in [0.29, 0.717) is 6.54 Å². The lowest BCUT2D eigenvalue weighted by Crippen LogP contribution is -2.52. The van der Waals surface area contributed by atoms with Crippen LogP contribution in [0.1, 0.15) is 13.3 Å². The molecule has 1 atom stereocenters. The number of hydrogen-bond donors (Lipinski definition) is 2. The van der Waals surface area contributed by atoms with Crippen LogP contribution in [0.5, 0.6) is 0 Å². The molecular weight excluding hydrogens is 326 g/mol. The van der Waals surface area contributed by atoms with Gasteiger partial charge >= 0.3 is 0 Å². The molecule has 1 aromatic carbocycles. The monoisotopic (exact) mass is 347 g/mol. The third kappa shape index (κ3) is 4.95. The van der Waals surface area contributed by atoms with E-state index < -0.39 is 10.0 Å². The van der Waals surface area contributed by atoms with Gasteiger partial charge in [-0.2, -0.15) is 0 Å². The lowest BCUT2D eigenvalue weighted by Gasteiger charge is -2.34. The van der Waals surface area contributed by atoms with Gasteiger partial charge in [-0.25, -0.2) is 13.1 Å². The van der Waals surface area contributed by atoms with Crippen molar-refractivity contribution in [3.05, 3.63) is 30.3 Å². The highest BCUT2D eigenvalue weighted by atomic mass is 35.5. The molecular formula is C14H22ClN3O3S. The summed E-state index contributed by atoms with van der Waals surface area (Å²) in [6.07, 6.45) is 0.177. The van der Waals surface area contributed by atoms with E-state index in [1.165, 1.54) is 12.1 Å². The van der Waals surface area contributed by atoms with Crippen LogP contribution in [0, 0.1) is 0 Å². The number of carbonyl (C=O) groups excluding carboxylic acids is 1. The van der Waals surface area contributed by atoms with Crippen LogP contribution >= 0.6 is 12.4 Å². The smallest absolute Gasteiger partial charge is 0.240 e. The highest BCUT2D eigenvalue weighted by Crippen LogP contribution is 2.08. The molecule has 1 heterocycles. The SMILES string of the molecule is C[C@@H]1CNCCN1C(=O)CCNS(=O)(=O)c1ccccc1.Cl. The maximum atomic E-state index is 12.1. The minimum Gasteiger partial charge on any atom is -0.337 e. The van der Waals surface area contributed by atoms with Crippen molar-refractivity contribution in [1.82, 2.24) is 14.9 Å². The zero-order valence-corrected chi connectivity index (χ0v) is 14.1. The first kappa shape index (κ1) is 18.9. The molecule has 2 N–H and O–H groups in total. The summed E-state index contributed by atoms with van der Waals surface area (Å²) in [4.78, 5) is 14.1. The van der Waals surface area contributed by atoms with Crippen LogP contribution in [-0.4, -0.2) is 51.4 Å². The molecule has 0 aromatic heterocycles. The number of piperazine rings is 1. The Kier molecular flexibility index (Phi) is 7.28. The Balaban J connectivity index is 0.00000242. The largest absolute Gasteiger partial charge is 0.337 e. The molecule has 6 nitrogen and oxygen atoms in total.